The minimum atomic E-state index is -0.892. The van der Waals surface area contributed by atoms with E-state index in [9.17, 15) is 14.3 Å². The molecule has 0 saturated carbocycles. The zero-order valence-electron chi connectivity index (χ0n) is 14.7. The largest absolute Gasteiger partial charge is 0.496 e. The van der Waals surface area contributed by atoms with Crippen molar-refractivity contribution in [3.63, 3.8) is 0 Å². The van der Waals surface area contributed by atoms with Gasteiger partial charge in [-0.1, -0.05) is 30.3 Å². The number of carbonyl (C=O) groups is 1. The number of ether oxygens (including phenoxy) is 1. The molecule has 0 spiro atoms. The van der Waals surface area contributed by atoms with Gasteiger partial charge >= 0.3 is 0 Å². The molecule has 1 atom stereocenters. The van der Waals surface area contributed by atoms with Gasteiger partial charge in [0.05, 0.1) is 19.8 Å². The van der Waals surface area contributed by atoms with Crippen LogP contribution in [0.2, 0.25) is 0 Å². The van der Waals surface area contributed by atoms with Crippen LogP contribution in [0.25, 0.3) is 0 Å². The maximum atomic E-state index is 13.0. The van der Waals surface area contributed by atoms with Crippen LogP contribution in [0, 0.1) is 5.82 Å². The molecule has 1 amide bonds. The summed E-state index contributed by atoms with van der Waals surface area (Å²) in [6.07, 6.45) is 0.474. The predicted octanol–water partition coefficient (Wildman–Crippen LogP) is 2.09. The van der Waals surface area contributed by atoms with Crippen molar-refractivity contribution < 1.29 is 19.0 Å². The molecule has 7 nitrogen and oxygen atoms in total. The molecule has 0 aliphatic rings. The van der Waals surface area contributed by atoms with E-state index in [1.54, 1.807) is 7.11 Å². The number of aliphatic hydroxyl groups is 1. The molecule has 0 saturated heterocycles. The van der Waals surface area contributed by atoms with Crippen molar-refractivity contribution in [3.05, 3.63) is 77.6 Å². The summed E-state index contributed by atoms with van der Waals surface area (Å²) in [5.41, 5.74) is 1.38. The average molecular weight is 370 g/mol. The van der Waals surface area contributed by atoms with Crippen molar-refractivity contribution in [3.8, 4) is 5.75 Å². The van der Waals surface area contributed by atoms with Crippen molar-refractivity contribution >= 4 is 5.91 Å². The van der Waals surface area contributed by atoms with E-state index in [0.29, 0.717) is 11.3 Å². The summed E-state index contributed by atoms with van der Waals surface area (Å²) in [7, 11) is 1.57. The highest BCUT2D eigenvalue weighted by atomic mass is 19.1. The highest BCUT2D eigenvalue weighted by Gasteiger charge is 2.15. The number of halogens is 1. The van der Waals surface area contributed by atoms with Crippen molar-refractivity contribution in [1.82, 2.24) is 20.1 Å². The van der Waals surface area contributed by atoms with Gasteiger partial charge in [-0.3, -0.25) is 4.79 Å². The number of hydrogen-bond donors (Lipinski definition) is 2. The number of aromatic nitrogens is 3. The van der Waals surface area contributed by atoms with Crippen LogP contribution in [0.5, 0.6) is 5.75 Å². The van der Waals surface area contributed by atoms with Crippen LogP contribution in [-0.4, -0.2) is 32.9 Å². The van der Waals surface area contributed by atoms with Gasteiger partial charge in [0.2, 0.25) is 5.82 Å². The van der Waals surface area contributed by atoms with Crippen molar-refractivity contribution in [2.24, 2.45) is 0 Å². The zero-order valence-corrected chi connectivity index (χ0v) is 14.7. The normalized spacial score (nSPS) is 11.8. The van der Waals surface area contributed by atoms with Crippen LogP contribution in [0.1, 0.15) is 27.8 Å². The number of nitrogens with zero attached hydrogens (tertiary/aromatic N) is 3. The number of rotatable bonds is 7. The van der Waals surface area contributed by atoms with Crippen LogP contribution in [-0.2, 0) is 13.1 Å². The summed E-state index contributed by atoms with van der Waals surface area (Å²) in [5.74, 6) is -0.133. The zero-order chi connectivity index (χ0) is 19.2. The lowest BCUT2D eigenvalue weighted by molar-refractivity contribution is 0.0938. The first-order valence-corrected chi connectivity index (χ1v) is 8.30. The van der Waals surface area contributed by atoms with E-state index < -0.39 is 12.0 Å². The fraction of sp³-hybridized carbons (Fsp3) is 0.211. The Hall–Kier alpha value is -3.26. The molecule has 3 rings (SSSR count). The van der Waals surface area contributed by atoms with E-state index in [2.05, 4.69) is 15.4 Å². The van der Waals surface area contributed by atoms with Gasteiger partial charge in [0.15, 0.2) is 0 Å². The van der Waals surface area contributed by atoms with Crippen LogP contribution in [0.3, 0.4) is 0 Å². The maximum absolute atomic E-state index is 13.0. The third-order valence-electron chi connectivity index (χ3n) is 3.99. The summed E-state index contributed by atoms with van der Waals surface area (Å²) in [5, 5.41) is 17.0. The van der Waals surface area contributed by atoms with Crippen LogP contribution >= 0.6 is 0 Å². The summed E-state index contributed by atoms with van der Waals surface area (Å²) in [6.45, 7) is 0.369. The first kappa shape index (κ1) is 18.5. The van der Waals surface area contributed by atoms with E-state index >= 15 is 0 Å². The molecular formula is C19H19FN4O3. The first-order chi connectivity index (χ1) is 13.1. The molecule has 0 fully saturated rings. The molecule has 1 unspecified atom stereocenters. The molecule has 2 N–H and O–H groups in total. The van der Waals surface area contributed by atoms with Gasteiger partial charge in [-0.05, 0) is 23.8 Å². The monoisotopic (exact) mass is 370 g/mol. The second kappa shape index (κ2) is 8.41. The molecule has 0 bridgehead atoms. The standard InChI is InChI=1S/C19H19FN4O3/c1-27-17-5-3-2-4-14(17)10-21-19(26)18-22-12-24(23-18)11-16(25)13-6-8-15(20)9-7-13/h2-9,12,16,25H,10-11H2,1H3,(H,21,26). The molecule has 140 valence electrons. The van der Waals surface area contributed by atoms with Gasteiger partial charge < -0.3 is 15.2 Å². The predicted molar refractivity (Wildman–Crippen MR) is 95.5 cm³/mol. The van der Waals surface area contributed by atoms with Gasteiger partial charge in [-0.25, -0.2) is 14.1 Å². The minimum absolute atomic E-state index is 0.00351. The maximum Gasteiger partial charge on any atom is 0.291 e. The third-order valence-corrected chi connectivity index (χ3v) is 3.99. The lowest BCUT2D eigenvalue weighted by Gasteiger charge is -2.10. The van der Waals surface area contributed by atoms with E-state index in [1.807, 2.05) is 24.3 Å². The summed E-state index contributed by atoms with van der Waals surface area (Å²) in [6, 6.07) is 12.9. The van der Waals surface area contributed by atoms with Crippen LogP contribution < -0.4 is 10.1 Å². The van der Waals surface area contributed by atoms with Gasteiger partial charge in [0, 0.05) is 12.1 Å². The highest BCUT2D eigenvalue weighted by molar-refractivity contribution is 5.90. The van der Waals surface area contributed by atoms with Crippen molar-refractivity contribution in [2.75, 3.05) is 7.11 Å². The topological polar surface area (TPSA) is 89.3 Å². The molecule has 0 radical (unpaired) electrons. The lowest BCUT2D eigenvalue weighted by atomic mass is 10.1. The number of amides is 1. The fourth-order valence-electron chi connectivity index (χ4n) is 2.56. The Bertz CT molecular complexity index is 911. The van der Waals surface area contributed by atoms with Gasteiger partial charge in [-0.2, -0.15) is 0 Å². The Morgan fingerprint density at radius 3 is 2.74 bits per heavy atom. The summed E-state index contributed by atoms with van der Waals surface area (Å²) in [4.78, 5) is 16.2. The first-order valence-electron chi connectivity index (χ1n) is 8.30. The Morgan fingerprint density at radius 1 is 1.26 bits per heavy atom. The van der Waals surface area contributed by atoms with Crippen molar-refractivity contribution in [1.29, 1.82) is 0 Å². The Morgan fingerprint density at radius 2 is 2.00 bits per heavy atom. The molecule has 27 heavy (non-hydrogen) atoms. The fourth-order valence-corrected chi connectivity index (χ4v) is 2.56. The highest BCUT2D eigenvalue weighted by Crippen LogP contribution is 2.17. The smallest absolute Gasteiger partial charge is 0.291 e. The quantitative estimate of drug-likeness (QED) is 0.665. The molecule has 3 aromatic rings. The Labute approximate surface area is 155 Å². The van der Waals surface area contributed by atoms with E-state index in [-0.39, 0.29) is 24.7 Å². The third kappa shape index (κ3) is 4.68. The molecule has 1 aromatic heterocycles. The summed E-state index contributed by atoms with van der Waals surface area (Å²) < 4.78 is 19.6. The second-order valence-electron chi connectivity index (χ2n) is 5.85. The number of aliphatic hydroxyl groups excluding tert-OH is 1. The Balaban J connectivity index is 1.59. The molecule has 1 heterocycles. The molecule has 2 aromatic carbocycles. The number of carbonyl (C=O) groups excluding carboxylic acids is 1. The van der Waals surface area contributed by atoms with E-state index in [4.69, 9.17) is 4.74 Å². The number of methoxy groups -OCH3 is 1. The lowest BCUT2D eigenvalue weighted by Crippen LogP contribution is -2.24. The second-order valence-corrected chi connectivity index (χ2v) is 5.85. The summed E-state index contributed by atoms with van der Waals surface area (Å²) >= 11 is 0. The molecule has 0 aliphatic carbocycles. The SMILES string of the molecule is COc1ccccc1CNC(=O)c1ncn(CC(O)c2ccc(F)cc2)n1. The average Bonchev–Trinajstić information content (AvgIpc) is 3.15. The van der Waals surface area contributed by atoms with E-state index in [1.165, 1.54) is 35.3 Å². The molecular weight excluding hydrogens is 351 g/mol. The van der Waals surface area contributed by atoms with Crippen LogP contribution in [0.4, 0.5) is 4.39 Å². The van der Waals surface area contributed by atoms with Gasteiger partial charge in [-0.15, -0.1) is 5.10 Å². The Kier molecular flexibility index (Phi) is 5.77. The minimum Gasteiger partial charge on any atom is -0.496 e. The van der Waals surface area contributed by atoms with E-state index in [0.717, 1.165) is 5.56 Å². The van der Waals surface area contributed by atoms with Gasteiger partial charge in [0.1, 0.15) is 17.9 Å². The number of benzene rings is 2. The molecule has 8 heteroatoms. The number of para-hydroxylation sites is 1. The number of hydrogen-bond acceptors (Lipinski definition) is 5. The van der Waals surface area contributed by atoms with Crippen LogP contribution in [0.15, 0.2) is 54.9 Å². The molecule has 0 aliphatic heterocycles. The van der Waals surface area contributed by atoms with Gasteiger partial charge in [0.25, 0.3) is 5.91 Å². The number of nitrogens with one attached hydrogen (secondary N) is 1. The van der Waals surface area contributed by atoms with Crippen molar-refractivity contribution in [2.45, 2.75) is 19.2 Å².